The summed E-state index contributed by atoms with van der Waals surface area (Å²) in [5.74, 6) is 1.76. The van der Waals surface area contributed by atoms with Crippen molar-refractivity contribution < 1.29 is 4.79 Å². The standard InChI is InChI=1S/C17H18N4OS/c1-13-18-7-8-21(13)16-10-15(4-6-19-16)11-20-17(22)3-2-14-5-9-23-12-14/h4-10,12H,2-3,11H2,1H3,(H,20,22). The van der Waals surface area contributed by atoms with Crippen LogP contribution in [0.4, 0.5) is 0 Å². The largest absolute Gasteiger partial charge is 0.352 e. The Kier molecular flexibility index (Phi) is 4.83. The third-order valence-electron chi connectivity index (χ3n) is 3.59. The zero-order valence-electron chi connectivity index (χ0n) is 12.9. The van der Waals surface area contributed by atoms with E-state index in [2.05, 4.69) is 26.7 Å². The van der Waals surface area contributed by atoms with Gasteiger partial charge in [0.25, 0.3) is 0 Å². The van der Waals surface area contributed by atoms with Crippen molar-refractivity contribution in [3.63, 3.8) is 0 Å². The van der Waals surface area contributed by atoms with Crippen molar-refractivity contribution in [3.8, 4) is 5.82 Å². The van der Waals surface area contributed by atoms with E-state index in [-0.39, 0.29) is 5.91 Å². The monoisotopic (exact) mass is 326 g/mol. The Labute approximate surface area is 139 Å². The van der Waals surface area contributed by atoms with Crippen LogP contribution in [0.2, 0.25) is 0 Å². The van der Waals surface area contributed by atoms with Crippen LogP contribution in [-0.4, -0.2) is 20.4 Å². The zero-order chi connectivity index (χ0) is 16.1. The Hall–Kier alpha value is -2.47. The van der Waals surface area contributed by atoms with E-state index in [4.69, 9.17) is 0 Å². The molecule has 3 rings (SSSR count). The van der Waals surface area contributed by atoms with Gasteiger partial charge in [-0.1, -0.05) is 0 Å². The van der Waals surface area contributed by atoms with Gasteiger partial charge in [0.15, 0.2) is 0 Å². The lowest BCUT2D eigenvalue weighted by atomic mass is 10.2. The average Bonchev–Trinajstić information content (AvgIpc) is 3.22. The van der Waals surface area contributed by atoms with Crippen LogP contribution in [0.1, 0.15) is 23.4 Å². The molecule has 0 spiro atoms. The molecule has 3 heterocycles. The predicted octanol–water partition coefficient (Wildman–Crippen LogP) is 2.89. The highest BCUT2D eigenvalue weighted by atomic mass is 32.1. The maximum atomic E-state index is 11.9. The van der Waals surface area contributed by atoms with Gasteiger partial charge >= 0.3 is 0 Å². The molecule has 5 nitrogen and oxygen atoms in total. The van der Waals surface area contributed by atoms with Crippen LogP contribution >= 0.6 is 11.3 Å². The Morgan fingerprint density at radius 2 is 2.17 bits per heavy atom. The zero-order valence-corrected chi connectivity index (χ0v) is 13.7. The van der Waals surface area contributed by atoms with Crippen molar-refractivity contribution in [2.24, 2.45) is 0 Å². The van der Waals surface area contributed by atoms with Crippen molar-refractivity contribution in [2.75, 3.05) is 0 Å². The van der Waals surface area contributed by atoms with Gasteiger partial charge in [0, 0.05) is 31.6 Å². The molecular formula is C17H18N4OS. The second kappa shape index (κ2) is 7.19. The second-order valence-corrected chi connectivity index (χ2v) is 6.06. The number of nitrogens with zero attached hydrogens (tertiary/aromatic N) is 3. The summed E-state index contributed by atoms with van der Waals surface area (Å²) >= 11 is 1.66. The molecule has 0 aliphatic rings. The fourth-order valence-electron chi connectivity index (χ4n) is 2.30. The van der Waals surface area contributed by atoms with Crippen molar-refractivity contribution in [1.29, 1.82) is 0 Å². The Morgan fingerprint density at radius 1 is 1.26 bits per heavy atom. The van der Waals surface area contributed by atoms with Gasteiger partial charge in [0.05, 0.1) is 0 Å². The second-order valence-electron chi connectivity index (χ2n) is 5.28. The first kappa shape index (κ1) is 15.4. The van der Waals surface area contributed by atoms with E-state index in [1.807, 2.05) is 35.2 Å². The van der Waals surface area contributed by atoms with Crippen molar-refractivity contribution in [3.05, 3.63) is 64.5 Å². The number of carbonyl (C=O) groups excluding carboxylic acids is 1. The van der Waals surface area contributed by atoms with Crippen molar-refractivity contribution in [2.45, 2.75) is 26.3 Å². The van der Waals surface area contributed by atoms with Gasteiger partial charge < -0.3 is 5.32 Å². The van der Waals surface area contributed by atoms with E-state index in [0.29, 0.717) is 13.0 Å². The number of carbonyl (C=O) groups is 1. The minimum absolute atomic E-state index is 0.0633. The summed E-state index contributed by atoms with van der Waals surface area (Å²) in [6.07, 6.45) is 6.67. The lowest BCUT2D eigenvalue weighted by Crippen LogP contribution is -2.23. The highest BCUT2D eigenvalue weighted by molar-refractivity contribution is 7.07. The summed E-state index contributed by atoms with van der Waals surface area (Å²) in [5.41, 5.74) is 2.24. The third kappa shape index (κ3) is 4.04. The minimum atomic E-state index is 0.0633. The number of imidazole rings is 1. The quantitative estimate of drug-likeness (QED) is 0.758. The van der Waals surface area contributed by atoms with Crippen LogP contribution in [0.5, 0.6) is 0 Å². The van der Waals surface area contributed by atoms with E-state index in [1.54, 1.807) is 23.7 Å². The highest BCUT2D eigenvalue weighted by Crippen LogP contribution is 2.10. The number of aromatic nitrogens is 3. The van der Waals surface area contributed by atoms with Gasteiger partial charge in [-0.05, 0) is 53.4 Å². The van der Waals surface area contributed by atoms with E-state index in [1.165, 1.54) is 5.56 Å². The number of aryl methyl sites for hydroxylation is 2. The normalized spacial score (nSPS) is 10.7. The van der Waals surface area contributed by atoms with Crippen LogP contribution in [0.3, 0.4) is 0 Å². The van der Waals surface area contributed by atoms with Crippen molar-refractivity contribution in [1.82, 2.24) is 19.9 Å². The number of thiophene rings is 1. The molecule has 6 heteroatoms. The SMILES string of the molecule is Cc1nccn1-c1cc(CNC(=O)CCc2ccsc2)ccn1. The maximum absolute atomic E-state index is 11.9. The summed E-state index contributed by atoms with van der Waals surface area (Å²) in [7, 11) is 0. The first-order chi connectivity index (χ1) is 11.2. The van der Waals surface area contributed by atoms with Gasteiger partial charge in [-0.3, -0.25) is 9.36 Å². The molecule has 23 heavy (non-hydrogen) atoms. The van der Waals surface area contributed by atoms with Gasteiger partial charge in [-0.2, -0.15) is 11.3 Å². The topological polar surface area (TPSA) is 59.8 Å². The first-order valence-electron chi connectivity index (χ1n) is 7.45. The van der Waals surface area contributed by atoms with Gasteiger partial charge in [0.1, 0.15) is 11.6 Å². The summed E-state index contributed by atoms with van der Waals surface area (Å²) < 4.78 is 1.92. The van der Waals surface area contributed by atoms with Crippen LogP contribution in [-0.2, 0) is 17.8 Å². The molecule has 0 atom stereocenters. The fourth-order valence-corrected chi connectivity index (χ4v) is 3.01. The average molecular weight is 326 g/mol. The number of hydrogen-bond acceptors (Lipinski definition) is 4. The number of rotatable bonds is 6. The Bertz CT molecular complexity index is 780. The number of pyridine rings is 1. The number of hydrogen-bond donors (Lipinski definition) is 1. The van der Waals surface area contributed by atoms with Crippen molar-refractivity contribution >= 4 is 17.2 Å². The molecule has 1 amide bonds. The van der Waals surface area contributed by atoms with Crippen LogP contribution in [0, 0.1) is 6.92 Å². The molecule has 0 bridgehead atoms. The number of nitrogens with one attached hydrogen (secondary N) is 1. The molecule has 0 aromatic carbocycles. The van der Waals surface area contributed by atoms with Crippen LogP contribution < -0.4 is 5.32 Å². The van der Waals surface area contributed by atoms with E-state index in [9.17, 15) is 4.79 Å². The number of amides is 1. The molecule has 118 valence electrons. The van der Waals surface area contributed by atoms with E-state index in [0.717, 1.165) is 23.6 Å². The van der Waals surface area contributed by atoms with Crippen LogP contribution in [0.25, 0.3) is 5.82 Å². The summed E-state index contributed by atoms with van der Waals surface area (Å²) in [4.78, 5) is 20.5. The molecule has 0 aliphatic carbocycles. The smallest absolute Gasteiger partial charge is 0.220 e. The Balaban J connectivity index is 1.56. The summed E-state index contributed by atoms with van der Waals surface area (Å²) in [6.45, 7) is 2.44. The summed E-state index contributed by atoms with van der Waals surface area (Å²) in [5, 5.41) is 7.07. The molecule has 0 radical (unpaired) electrons. The molecule has 3 aromatic rings. The third-order valence-corrected chi connectivity index (χ3v) is 4.33. The van der Waals surface area contributed by atoms with Gasteiger partial charge in [-0.15, -0.1) is 0 Å². The van der Waals surface area contributed by atoms with E-state index >= 15 is 0 Å². The Morgan fingerprint density at radius 3 is 2.91 bits per heavy atom. The lowest BCUT2D eigenvalue weighted by Gasteiger charge is -2.08. The maximum Gasteiger partial charge on any atom is 0.220 e. The van der Waals surface area contributed by atoms with Gasteiger partial charge in [0.2, 0.25) is 5.91 Å². The minimum Gasteiger partial charge on any atom is -0.352 e. The fraction of sp³-hybridized carbons (Fsp3) is 0.235. The summed E-state index contributed by atoms with van der Waals surface area (Å²) in [6, 6.07) is 5.93. The molecule has 1 N–H and O–H groups in total. The molecular weight excluding hydrogens is 308 g/mol. The predicted molar refractivity (Wildman–Crippen MR) is 90.6 cm³/mol. The molecule has 0 fully saturated rings. The molecule has 0 aliphatic heterocycles. The highest BCUT2D eigenvalue weighted by Gasteiger charge is 2.05. The lowest BCUT2D eigenvalue weighted by molar-refractivity contribution is -0.121. The molecule has 3 aromatic heterocycles. The van der Waals surface area contributed by atoms with Crippen LogP contribution in [0.15, 0.2) is 47.5 Å². The molecule has 0 unspecified atom stereocenters. The molecule has 0 saturated carbocycles. The molecule has 0 saturated heterocycles. The first-order valence-corrected chi connectivity index (χ1v) is 8.39. The van der Waals surface area contributed by atoms with Gasteiger partial charge in [-0.25, -0.2) is 9.97 Å². The van der Waals surface area contributed by atoms with E-state index < -0.39 is 0 Å².